The standard InChI is InChI=1S/C26H22Br2F3NO5/c1-14(2)19-12-18(8-9-22(19)36-3)37-24-20(27)10-17(11-21(24)28)32(13-23(33)34)25(35)15-4-6-16(7-5-15)26(29,30)31/h4-12,14H,13H2,1-3H3,(H,33,34). The zero-order valence-electron chi connectivity index (χ0n) is 19.9. The lowest BCUT2D eigenvalue weighted by Gasteiger charge is -2.23. The van der Waals surface area contributed by atoms with E-state index < -0.39 is 30.2 Å². The van der Waals surface area contributed by atoms with Crippen molar-refractivity contribution < 1.29 is 37.3 Å². The Labute approximate surface area is 228 Å². The topological polar surface area (TPSA) is 76.1 Å². The molecule has 0 saturated heterocycles. The Morgan fingerprint density at radius 1 is 1.00 bits per heavy atom. The molecule has 3 rings (SSSR count). The number of nitrogens with zero attached hydrogens (tertiary/aromatic N) is 1. The fourth-order valence-electron chi connectivity index (χ4n) is 3.52. The molecule has 11 heteroatoms. The van der Waals surface area contributed by atoms with Crippen LogP contribution in [0.15, 0.2) is 63.5 Å². The second kappa shape index (κ2) is 11.6. The van der Waals surface area contributed by atoms with E-state index in [-0.39, 0.29) is 17.2 Å². The molecule has 6 nitrogen and oxygen atoms in total. The second-order valence-electron chi connectivity index (χ2n) is 8.26. The van der Waals surface area contributed by atoms with Gasteiger partial charge in [-0.1, -0.05) is 13.8 Å². The van der Waals surface area contributed by atoms with Crippen LogP contribution < -0.4 is 14.4 Å². The molecule has 0 fully saturated rings. The molecular formula is C26H22Br2F3NO5. The predicted molar refractivity (Wildman–Crippen MR) is 140 cm³/mol. The van der Waals surface area contributed by atoms with Crippen molar-refractivity contribution in [2.75, 3.05) is 18.6 Å². The summed E-state index contributed by atoms with van der Waals surface area (Å²) in [5.74, 6) is -0.272. The summed E-state index contributed by atoms with van der Waals surface area (Å²) in [6.45, 7) is 3.33. The minimum Gasteiger partial charge on any atom is -0.496 e. The molecule has 0 bridgehead atoms. The number of hydrogen-bond donors (Lipinski definition) is 1. The number of anilines is 1. The molecule has 3 aromatic carbocycles. The van der Waals surface area contributed by atoms with E-state index in [9.17, 15) is 27.9 Å². The number of aliphatic carboxylic acids is 1. The monoisotopic (exact) mass is 643 g/mol. The zero-order chi connectivity index (χ0) is 27.5. The van der Waals surface area contributed by atoms with Gasteiger partial charge in [-0.15, -0.1) is 0 Å². The van der Waals surface area contributed by atoms with Crippen LogP contribution in [0.1, 0.15) is 41.3 Å². The van der Waals surface area contributed by atoms with Crippen LogP contribution >= 0.6 is 31.9 Å². The number of carbonyl (C=O) groups excluding carboxylic acids is 1. The Morgan fingerprint density at radius 3 is 2.08 bits per heavy atom. The number of carboxylic acid groups (broad SMARTS) is 1. The molecule has 3 aromatic rings. The quantitative estimate of drug-likeness (QED) is 0.270. The molecule has 0 heterocycles. The summed E-state index contributed by atoms with van der Waals surface area (Å²) >= 11 is 6.82. The molecule has 37 heavy (non-hydrogen) atoms. The van der Waals surface area contributed by atoms with Gasteiger partial charge in [-0.3, -0.25) is 14.5 Å². The van der Waals surface area contributed by atoms with Crippen molar-refractivity contribution in [3.05, 3.63) is 80.2 Å². The van der Waals surface area contributed by atoms with Crippen LogP contribution in [-0.4, -0.2) is 30.6 Å². The van der Waals surface area contributed by atoms with Crippen molar-refractivity contribution in [2.45, 2.75) is 25.9 Å². The molecule has 0 saturated carbocycles. The average Bonchev–Trinajstić information content (AvgIpc) is 2.83. The minimum atomic E-state index is -4.56. The van der Waals surface area contributed by atoms with Crippen molar-refractivity contribution in [1.82, 2.24) is 0 Å². The van der Waals surface area contributed by atoms with Gasteiger partial charge in [0.15, 0.2) is 5.75 Å². The van der Waals surface area contributed by atoms with Crippen molar-refractivity contribution in [3.63, 3.8) is 0 Å². The van der Waals surface area contributed by atoms with Crippen LogP contribution in [0.3, 0.4) is 0 Å². The molecule has 1 N–H and O–H groups in total. The van der Waals surface area contributed by atoms with E-state index >= 15 is 0 Å². The molecule has 0 spiro atoms. The normalized spacial score (nSPS) is 11.4. The van der Waals surface area contributed by atoms with Crippen molar-refractivity contribution in [3.8, 4) is 17.2 Å². The Kier molecular flexibility index (Phi) is 8.91. The van der Waals surface area contributed by atoms with Crippen LogP contribution in [0.4, 0.5) is 18.9 Å². The fraction of sp³-hybridized carbons (Fsp3) is 0.231. The van der Waals surface area contributed by atoms with Gasteiger partial charge >= 0.3 is 12.1 Å². The van der Waals surface area contributed by atoms with Crippen LogP contribution in [0, 0.1) is 0 Å². The Bertz CT molecular complexity index is 1290. The first-order chi connectivity index (χ1) is 17.3. The summed E-state index contributed by atoms with van der Waals surface area (Å²) < 4.78 is 51.0. The maximum atomic E-state index is 13.1. The van der Waals surface area contributed by atoms with E-state index in [2.05, 4.69) is 31.9 Å². The summed E-state index contributed by atoms with van der Waals surface area (Å²) in [5.41, 5.74) is 0.121. The van der Waals surface area contributed by atoms with Crippen molar-refractivity contribution >= 4 is 49.4 Å². The first-order valence-electron chi connectivity index (χ1n) is 10.9. The molecule has 0 atom stereocenters. The van der Waals surface area contributed by atoms with E-state index in [1.165, 1.54) is 12.1 Å². The summed E-state index contributed by atoms with van der Waals surface area (Å²) in [5, 5.41) is 9.39. The van der Waals surface area contributed by atoms with E-state index in [4.69, 9.17) is 9.47 Å². The molecule has 0 aliphatic rings. The van der Waals surface area contributed by atoms with Crippen molar-refractivity contribution in [1.29, 1.82) is 0 Å². The molecule has 0 radical (unpaired) electrons. The van der Waals surface area contributed by atoms with Gasteiger partial charge in [0.05, 0.1) is 21.6 Å². The first kappa shape index (κ1) is 28.5. The summed E-state index contributed by atoms with van der Waals surface area (Å²) in [4.78, 5) is 25.6. The van der Waals surface area contributed by atoms with Gasteiger partial charge in [-0.05, 0) is 92.4 Å². The van der Waals surface area contributed by atoms with Crippen LogP contribution in [0.2, 0.25) is 0 Å². The van der Waals surface area contributed by atoms with Crippen LogP contribution in [-0.2, 0) is 11.0 Å². The number of carboxylic acids is 1. The lowest BCUT2D eigenvalue weighted by atomic mass is 10.0. The summed E-state index contributed by atoms with van der Waals surface area (Å²) in [6.07, 6.45) is -4.56. The highest BCUT2D eigenvalue weighted by atomic mass is 79.9. The number of carbonyl (C=O) groups is 2. The minimum absolute atomic E-state index is 0.0960. The predicted octanol–water partition coefficient (Wildman–Crippen LogP) is 7.89. The molecule has 0 unspecified atom stereocenters. The van der Waals surface area contributed by atoms with Gasteiger partial charge in [0.25, 0.3) is 5.91 Å². The SMILES string of the molecule is COc1ccc(Oc2c(Br)cc(N(CC(=O)O)C(=O)c3ccc(C(F)(F)F)cc3)cc2Br)cc1C(C)C. The number of alkyl halides is 3. The van der Waals surface area contributed by atoms with E-state index in [1.807, 2.05) is 19.9 Å². The lowest BCUT2D eigenvalue weighted by molar-refractivity contribution is -0.137. The summed E-state index contributed by atoms with van der Waals surface area (Å²) in [6, 6.07) is 11.9. The molecule has 1 amide bonds. The number of hydrogen-bond acceptors (Lipinski definition) is 4. The van der Waals surface area contributed by atoms with Gasteiger partial charge in [0.1, 0.15) is 18.0 Å². The van der Waals surface area contributed by atoms with Crippen LogP contribution in [0.5, 0.6) is 17.2 Å². The van der Waals surface area contributed by atoms with Gasteiger partial charge in [-0.25, -0.2) is 0 Å². The first-order valence-corrected chi connectivity index (χ1v) is 12.5. The number of methoxy groups -OCH3 is 1. The van der Waals surface area contributed by atoms with E-state index in [1.54, 1.807) is 19.2 Å². The maximum Gasteiger partial charge on any atom is 0.416 e. The van der Waals surface area contributed by atoms with Gasteiger partial charge in [-0.2, -0.15) is 13.2 Å². The smallest absolute Gasteiger partial charge is 0.416 e. The highest BCUT2D eigenvalue weighted by molar-refractivity contribution is 9.11. The molecule has 0 aromatic heterocycles. The second-order valence-corrected chi connectivity index (χ2v) is 9.97. The number of rotatable bonds is 8. The van der Waals surface area contributed by atoms with Gasteiger partial charge in [0.2, 0.25) is 0 Å². The number of amides is 1. The number of benzene rings is 3. The third kappa shape index (κ3) is 6.84. The molecule has 0 aliphatic carbocycles. The maximum absolute atomic E-state index is 13.1. The lowest BCUT2D eigenvalue weighted by Crippen LogP contribution is -2.35. The van der Waals surface area contributed by atoms with E-state index in [0.717, 1.165) is 40.5 Å². The third-order valence-corrected chi connectivity index (χ3v) is 6.51. The number of halogens is 5. The van der Waals surface area contributed by atoms with Crippen LogP contribution in [0.25, 0.3) is 0 Å². The van der Waals surface area contributed by atoms with Gasteiger partial charge < -0.3 is 14.6 Å². The Hall–Kier alpha value is -3.05. The summed E-state index contributed by atoms with van der Waals surface area (Å²) in [7, 11) is 1.59. The van der Waals surface area contributed by atoms with E-state index in [0.29, 0.717) is 20.4 Å². The largest absolute Gasteiger partial charge is 0.496 e. The Balaban J connectivity index is 1.95. The highest BCUT2D eigenvalue weighted by Crippen LogP contribution is 2.42. The van der Waals surface area contributed by atoms with Gasteiger partial charge in [0, 0.05) is 16.8 Å². The third-order valence-electron chi connectivity index (χ3n) is 5.34. The average molecular weight is 645 g/mol. The fourth-order valence-corrected chi connectivity index (χ4v) is 4.84. The number of ether oxygens (including phenoxy) is 2. The molecule has 196 valence electrons. The molecule has 0 aliphatic heterocycles. The molecular weight excluding hydrogens is 623 g/mol. The Morgan fingerprint density at radius 2 is 1.59 bits per heavy atom. The zero-order valence-corrected chi connectivity index (χ0v) is 23.1. The highest BCUT2D eigenvalue weighted by Gasteiger charge is 2.31. The van der Waals surface area contributed by atoms with Crippen molar-refractivity contribution in [2.24, 2.45) is 0 Å².